The van der Waals surface area contributed by atoms with E-state index < -0.39 is 17.1 Å². The molecule has 0 saturated heterocycles. The Morgan fingerprint density at radius 2 is 1.58 bits per heavy atom. The molecule has 1 aliphatic heterocycles. The van der Waals surface area contributed by atoms with Crippen molar-refractivity contribution in [2.24, 2.45) is 11.8 Å². The molecule has 0 atom stereocenters. The second-order valence-electron chi connectivity index (χ2n) is 7.86. The molecule has 4 bridgehead atoms. The summed E-state index contributed by atoms with van der Waals surface area (Å²) >= 11 is 0. The minimum Gasteiger partial charge on any atom is -0.0668 e. The average molecular weight is 365 g/mol. The van der Waals surface area contributed by atoms with Crippen LogP contribution in [0.3, 0.4) is 0 Å². The van der Waals surface area contributed by atoms with Gasteiger partial charge in [0.15, 0.2) is 0 Å². The molecule has 0 N–H and O–H groups in total. The number of hydrogen-bond acceptors (Lipinski definition) is 0. The van der Waals surface area contributed by atoms with Gasteiger partial charge in [0, 0.05) is 0 Å². The van der Waals surface area contributed by atoms with Gasteiger partial charge in [-0.3, -0.25) is 0 Å². The third-order valence-electron chi connectivity index (χ3n) is 4.53. The standard InChI is InChI=1S/C21H28Si3/c1-16(2)13-23-15-18-7-5-8-19(11-18)22-24(14-17(3)4)21-10-6-9-20(23)12-21/h5-12,16-17H,13-15H2,1-4H3. The summed E-state index contributed by atoms with van der Waals surface area (Å²) < 4.78 is 0. The van der Waals surface area contributed by atoms with Gasteiger partial charge in [-0.2, -0.15) is 0 Å². The van der Waals surface area contributed by atoms with Crippen molar-refractivity contribution >= 4 is 41.7 Å². The Balaban J connectivity index is 2.04. The summed E-state index contributed by atoms with van der Waals surface area (Å²) in [5.41, 5.74) is 1.58. The highest BCUT2D eigenvalue weighted by Crippen LogP contribution is 2.13. The van der Waals surface area contributed by atoms with Crippen molar-refractivity contribution in [1.82, 2.24) is 0 Å². The van der Waals surface area contributed by atoms with Crippen molar-refractivity contribution in [3.8, 4) is 0 Å². The normalized spacial score (nSPS) is 15.9. The maximum absolute atomic E-state index is 2.62. The Hall–Kier alpha value is -0.909. The molecule has 0 amide bonds. The SMILES string of the molecule is CC(C)C[Si]1Cc2cccc(c2)[Si][Si](CC(C)C)c2cccc1c2. The van der Waals surface area contributed by atoms with E-state index >= 15 is 0 Å². The maximum atomic E-state index is 2.62. The van der Waals surface area contributed by atoms with Crippen LogP contribution in [0.15, 0.2) is 48.5 Å². The fourth-order valence-corrected chi connectivity index (χ4v) is 13.3. The van der Waals surface area contributed by atoms with Gasteiger partial charge in [0.25, 0.3) is 0 Å². The number of hydrogen-bond donors (Lipinski definition) is 0. The summed E-state index contributed by atoms with van der Waals surface area (Å²) in [7, 11) is -0.00269. The molecule has 0 unspecified atom stereocenters. The summed E-state index contributed by atoms with van der Waals surface area (Å²) in [5, 5.41) is 4.96. The van der Waals surface area contributed by atoms with Gasteiger partial charge in [-0.1, -0.05) is 109 Å². The van der Waals surface area contributed by atoms with E-state index in [1.165, 1.54) is 18.1 Å². The van der Waals surface area contributed by atoms with Crippen LogP contribution in [0, 0.1) is 11.8 Å². The third-order valence-corrected chi connectivity index (χ3v) is 14.2. The topological polar surface area (TPSA) is 0 Å². The zero-order valence-electron chi connectivity index (χ0n) is 15.4. The first-order chi connectivity index (χ1) is 11.5. The molecule has 0 spiro atoms. The summed E-state index contributed by atoms with van der Waals surface area (Å²) in [6.07, 6.45) is 0. The molecule has 24 heavy (non-hydrogen) atoms. The predicted octanol–water partition coefficient (Wildman–Crippen LogP) is 3.02. The van der Waals surface area contributed by atoms with Crippen molar-refractivity contribution in [2.45, 2.75) is 45.8 Å². The zero-order valence-corrected chi connectivity index (χ0v) is 18.4. The predicted molar refractivity (Wildman–Crippen MR) is 112 cm³/mol. The van der Waals surface area contributed by atoms with Gasteiger partial charge in [-0.15, -0.1) is 0 Å². The van der Waals surface area contributed by atoms with E-state index in [0.717, 1.165) is 20.9 Å². The molecule has 0 nitrogen and oxygen atoms in total. The van der Waals surface area contributed by atoms with E-state index in [-0.39, 0.29) is 0 Å². The van der Waals surface area contributed by atoms with E-state index in [9.17, 15) is 0 Å². The fourth-order valence-electron chi connectivity index (χ4n) is 3.54. The Kier molecular flexibility index (Phi) is 5.95. The van der Waals surface area contributed by atoms with Gasteiger partial charge >= 0.3 is 0 Å². The first-order valence-corrected chi connectivity index (χ1v) is 14.8. The van der Waals surface area contributed by atoms with E-state index in [1.54, 1.807) is 21.1 Å². The smallest absolute Gasteiger partial charge is 0.0668 e. The molecule has 3 heteroatoms. The van der Waals surface area contributed by atoms with E-state index in [0.29, 0.717) is 0 Å². The number of benzene rings is 2. The molecular formula is C21H28Si3. The van der Waals surface area contributed by atoms with Crippen LogP contribution in [-0.4, -0.2) is 26.1 Å². The summed E-state index contributed by atoms with van der Waals surface area (Å²) in [6, 6.07) is 23.4. The largest absolute Gasteiger partial charge is 0.0904 e. The quantitative estimate of drug-likeness (QED) is 0.732. The lowest BCUT2D eigenvalue weighted by atomic mass is 10.2. The van der Waals surface area contributed by atoms with Crippen LogP contribution in [0.25, 0.3) is 0 Å². The van der Waals surface area contributed by atoms with Gasteiger partial charge < -0.3 is 0 Å². The molecule has 0 saturated carbocycles. The van der Waals surface area contributed by atoms with Crippen LogP contribution in [-0.2, 0) is 6.04 Å². The Morgan fingerprint density at radius 3 is 2.33 bits per heavy atom. The van der Waals surface area contributed by atoms with Crippen LogP contribution < -0.4 is 15.6 Å². The molecule has 2 aromatic carbocycles. The van der Waals surface area contributed by atoms with E-state index in [4.69, 9.17) is 0 Å². The summed E-state index contributed by atoms with van der Waals surface area (Å²) in [5.74, 6) is 1.58. The molecule has 2 aromatic rings. The molecule has 0 fully saturated rings. The van der Waals surface area contributed by atoms with E-state index in [2.05, 4.69) is 76.2 Å². The first kappa shape index (κ1) is 17.9. The van der Waals surface area contributed by atoms with Crippen LogP contribution in [0.4, 0.5) is 0 Å². The summed E-state index contributed by atoms with van der Waals surface area (Å²) in [4.78, 5) is 0. The molecule has 0 aliphatic carbocycles. The first-order valence-electron chi connectivity index (χ1n) is 9.18. The van der Waals surface area contributed by atoms with Crippen LogP contribution in [0.2, 0.25) is 12.1 Å². The highest BCUT2D eigenvalue weighted by molar-refractivity contribution is 7.23. The molecule has 1 heterocycles. The molecule has 4 radical (unpaired) electrons. The van der Waals surface area contributed by atoms with Gasteiger partial charge in [0.1, 0.15) is 0 Å². The maximum Gasteiger partial charge on any atom is 0.0904 e. The lowest BCUT2D eigenvalue weighted by molar-refractivity contribution is 0.726. The van der Waals surface area contributed by atoms with Crippen molar-refractivity contribution in [2.75, 3.05) is 0 Å². The Labute approximate surface area is 153 Å². The molecule has 3 rings (SSSR count). The second-order valence-corrected chi connectivity index (χ2v) is 15.7. The monoisotopic (exact) mass is 364 g/mol. The second kappa shape index (κ2) is 7.98. The minimum absolute atomic E-state index is 0.486. The van der Waals surface area contributed by atoms with Crippen molar-refractivity contribution < 1.29 is 0 Å². The van der Waals surface area contributed by atoms with Crippen LogP contribution in [0.5, 0.6) is 0 Å². The molecule has 124 valence electrons. The number of fused-ring (bicyclic) bond motifs is 4. The van der Waals surface area contributed by atoms with Gasteiger partial charge in [-0.25, -0.2) is 0 Å². The van der Waals surface area contributed by atoms with Gasteiger partial charge in [-0.05, 0) is 17.9 Å². The lowest BCUT2D eigenvalue weighted by Gasteiger charge is -2.24. The molecule has 0 aromatic heterocycles. The molecule has 1 aliphatic rings. The third kappa shape index (κ3) is 4.58. The highest BCUT2D eigenvalue weighted by Gasteiger charge is 2.23. The summed E-state index contributed by atoms with van der Waals surface area (Å²) in [6.45, 7) is 9.53. The van der Waals surface area contributed by atoms with Crippen molar-refractivity contribution in [1.29, 1.82) is 0 Å². The highest BCUT2D eigenvalue weighted by atomic mass is 29.2. The van der Waals surface area contributed by atoms with Gasteiger partial charge in [0.05, 0.1) is 26.1 Å². The lowest BCUT2D eigenvalue weighted by Crippen LogP contribution is -2.47. The van der Waals surface area contributed by atoms with E-state index in [1.807, 2.05) is 0 Å². The Morgan fingerprint density at radius 1 is 0.875 bits per heavy atom. The fraction of sp³-hybridized carbons (Fsp3) is 0.429. The van der Waals surface area contributed by atoms with Crippen molar-refractivity contribution in [3.63, 3.8) is 0 Å². The van der Waals surface area contributed by atoms with Gasteiger partial charge in [0.2, 0.25) is 0 Å². The van der Waals surface area contributed by atoms with Crippen molar-refractivity contribution in [3.05, 3.63) is 54.1 Å². The van der Waals surface area contributed by atoms with Crippen LogP contribution >= 0.6 is 0 Å². The van der Waals surface area contributed by atoms with Crippen LogP contribution in [0.1, 0.15) is 33.3 Å². The average Bonchev–Trinajstić information content (AvgIpc) is 2.53. The Bertz CT molecular complexity index is 628. The molecular weight excluding hydrogens is 336 g/mol. The minimum atomic E-state index is -0.511. The number of rotatable bonds is 4. The zero-order chi connectivity index (χ0) is 17.1.